The Morgan fingerprint density at radius 3 is 2.76 bits per heavy atom. The van der Waals surface area contributed by atoms with Gasteiger partial charge in [-0.15, -0.1) is 0 Å². The van der Waals surface area contributed by atoms with Gasteiger partial charge in [-0.1, -0.05) is 37.3 Å². The monoisotopic (exact) mass is 236 g/mol. The van der Waals surface area contributed by atoms with Crippen LogP contribution in [0.4, 0.5) is 0 Å². The number of hydrogen-bond donors (Lipinski definition) is 2. The van der Waals surface area contributed by atoms with Crippen molar-refractivity contribution < 1.29 is 9.53 Å². The maximum Gasteiger partial charge on any atom is 0.246 e. The maximum atomic E-state index is 11.4. The van der Waals surface area contributed by atoms with Crippen LogP contribution in [0.5, 0.6) is 0 Å². The molecular formula is C13H20N2O2. The molecule has 1 amide bonds. The molecule has 4 nitrogen and oxygen atoms in total. The zero-order valence-corrected chi connectivity index (χ0v) is 10.2. The Morgan fingerprint density at radius 2 is 2.12 bits per heavy atom. The van der Waals surface area contributed by atoms with Crippen LogP contribution in [0.15, 0.2) is 30.3 Å². The first-order valence-electron chi connectivity index (χ1n) is 5.83. The van der Waals surface area contributed by atoms with E-state index in [-0.39, 0.29) is 12.5 Å². The van der Waals surface area contributed by atoms with E-state index in [0.717, 1.165) is 0 Å². The quantitative estimate of drug-likeness (QED) is 0.691. The van der Waals surface area contributed by atoms with Gasteiger partial charge in [0.25, 0.3) is 0 Å². The van der Waals surface area contributed by atoms with Crippen LogP contribution < -0.4 is 11.1 Å². The molecule has 1 aromatic rings. The van der Waals surface area contributed by atoms with Crippen molar-refractivity contribution >= 4 is 5.91 Å². The van der Waals surface area contributed by atoms with Gasteiger partial charge in [-0.2, -0.15) is 0 Å². The van der Waals surface area contributed by atoms with Gasteiger partial charge in [-0.3, -0.25) is 4.79 Å². The molecule has 0 aromatic heterocycles. The summed E-state index contributed by atoms with van der Waals surface area (Å²) in [6.07, 6.45) is 0. The Bertz CT molecular complexity index is 327. The average molecular weight is 236 g/mol. The molecule has 4 heteroatoms. The summed E-state index contributed by atoms with van der Waals surface area (Å²) in [6.45, 7) is 3.64. The number of carbonyl (C=O) groups excluding carboxylic acids is 1. The maximum absolute atomic E-state index is 11.4. The lowest BCUT2D eigenvalue weighted by Gasteiger charge is -2.13. The highest BCUT2D eigenvalue weighted by atomic mass is 16.5. The highest BCUT2D eigenvalue weighted by Crippen LogP contribution is 2.12. The summed E-state index contributed by atoms with van der Waals surface area (Å²) >= 11 is 0. The summed E-state index contributed by atoms with van der Waals surface area (Å²) in [7, 11) is 0. The van der Waals surface area contributed by atoms with Gasteiger partial charge in [0.1, 0.15) is 6.61 Å². The minimum atomic E-state index is -0.0961. The molecule has 1 atom stereocenters. The van der Waals surface area contributed by atoms with Crippen molar-refractivity contribution in [3.05, 3.63) is 35.9 Å². The Kier molecular flexibility index (Phi) is 6.29. The number of carbonyl (C=O) groups is 1. The lowest BCUT2D eigenvalue weighted by molar-refractivity contribution is -0.125. The van der Waals surface area contributed by atoms with Crippen molar-refractivity contribution in [2.75, 3.05) is 26.3 Å². The minimum absolute atomic E-state index is 0.0821. The second-order valence-corrected chi connectivity index (χ2v) is 3.96. The van der Waals surface area contributed by atoms with Crippen LogP contribution in [0.25, 0.3) is 0 Å². The van der Waals surface area contributed by atoms with Gasteiger partial charge in [0, 0.05) is 13.1 Å². The normalized spacial score (nSPS) is 12.1. The Morgan fingerprint density at radius 1 is 1.41 bits per heavy atom. The Balaban J connectivity index is 2.24. The van der Waals surface area contributed by atoms with Gasteiger partial charge in [0.15, 0.2) is 0 Å². The fraction of sp³-hybridized carbons (Fsp3) is 0.462. The molecule has 0 aliphatic rings. The van der Waals surface area contributed by atoms with Crippen molar-refractivity contribution in [3.8, 4) is 0 Å². The third-order valence-corrected chi connectivity index (χ3v) is 2.47. The highest BCUT2D eigenvalue weighted by Gasteiger charge is 2.07. The van der Waals surface area contributed by atoms with E-state index in [1.165, 1.54) is 5.56 Å². The average Bonchev–Trinajstić information content (AvgIpc) is 2.37. The fourth-order valence-corrected chi connectivity index (χ4v) is 1.47. The van der Waals surface area contributed by atoms with Gasteiger partial charge in [-0.25, -0.2) is 0 Å². The van der Waals surface area contributed by atoms with Gasteiger partial charge in [-0.05, 0) is 11.5 Å². The lowest BCUT2D eigenvalue weighted by Crippen LogP contribution is -2.31. The van der Waals surface area contributed by atoms with Crippen LogP contribution >= 0.6 is 0 Å². The van der Waals surface area contributed by atoms with Crippen LogP contribution in [-0.2, 0) is 9.53 Å². The molecule has 0 aliphatic heterocycles. The summed E-state index contributed by atoms with van der Waals surface area (Å²) in [5, 5.41) is 2.84. The van der Waals surface area contributed by atoms with Gasteiger partial charge < -0.3 is 15.8 Å². The van der Waals surface area contributed by atoms with E-state index < -0.39 is 0 Å². The van der Waals surface area contributed by atoms with Crippen molar-refractivity contribution in [3.63, 3.8) is 0 Å². The number of nitrogens with two attached hydrogens (primary N) is 1. The second kappa shape index (κ2) is 7.81. The van der Waals surface area contributed by atoms with Crippen molar-refractivity contribution in [2.24, 2.45) is 5.73 Å². The number of benzene rings is 1. The standard InChI is InChI=1S/C13H20N2O2/c1-11(12-5-3-2-4-6-12)9-15-13(16)10-17-8-7-14/h2-6,11H,7-10,14H2,1H3,(H,15,16). The molecule has 0 fully saturated rings. The molecule has 3 N–H and O–H groups in total. The second-order valence-electron chi connectivity index (χ2n) is 3.96. The van der Waals surface area contributed by atoms with Crippen molar-refractivity contribution in [2.45, 2.75) is 12.8 Å². The van der Waals surface area contributed by atoms with E-state index in [9.17, 15) is 4.79 Å². The summed E-state index contributed by atoms with van der Waals surface area (Å²) < 4.78 is 5.05. The number of ether oxygens (including phenoxy) is 1. The van der Waals surface area contributed by atoms with Gasteiger partial charge in [0.05, 0.1) is 6.61 Å². The molecule has 0 radical (unpaired) electrons. The predicted octanol–water partition coefficient (Wildman–Crippen LogP) is 0.882. The Hall–Kier alpha value is -1.39. The van der Waals surface area contributed by atoms with E-state index in [1.807, 2.05) is 18.2 Å². The van der Waals surface area contributed by atoms with Crippen LogP contribution in [0, 0.1) is 0 Å². The number of amides is 1. The first-order chi connectivity index (χ1) is 8.24. The fourth-order valence-electron chi connectivity index (χ4n) is 1.47. The molecule has 0 aliphatic carbocycles. The summed E-state index contributed by atoms with van der Waals surface area (Å²) in [6, 6.07) is 10.1. The SMILES string of the molecule is CC(CNC(=O)COCCN)c1ccccc1. The van der Waals surface area contributed by atoms with E-state index in [2.05, 4.69) is 24.4 Å². The smallest absolute Gasteiger partial charge is 0.246 e. The summed E-state index contributed by atoms with van der Waals surface area (Å²) in [5.74, 6) is 0.205. The van der Waals surface area contributed by atoms with E-state index in [0.29, 0.717) is 25.6 Å². The summed E-state index contributed by atoms with van der Waals surface area (Å²) in [4.78, 5) is 11.4. The highest BCUT2D eigenvalue weighted by molar-refractivity contribution is 5.77. The largest absolute Gasteiger partial charge is 0.370 e. The molecule has 1 unspecified atom stereocenters. The molecular weight excluding hydrogens is 216 g/mol. The van der Waals surface area contributed by atoms with E-state index in [1.54, 1.807) is 0 Å². The number of hydrogen-bond acceptors (Lipinski definition) is 3. The molecule has 0 saturated carbocycles. The van der Waals surface area contributed by atoms with Crippen LogP contribution in [0.2, 0.25) is 0 Å². The van der Waals surface area contributed by atoms with Crippen molar-refractivity contribution in [1.29, 1.82) is 0 Å². The third kappa shape index (κ3) is 5.47. The number of nitrogens with one attached hydrogen (secondary N) is 1. The number of rotatable bonds is 7. The van der Waals surface area contributed by atoms with Gasteiger partial charge in [0.2, 0.25) is 5.91 Å². The zero-order chi connectivity index (χ0) is 12.5. The first-order valence-corrected chi connectivity index (χ1v) is 5.83. The molecule has 0 bridgehead atoms. The lowest BCUT2D eigenvalue weighted by atomic mass is 10.0. The van der Waals surface area contributed by atoms with Crippen LogP contribution in [0.3, 0.4) is 0 Å². The van der Waals surface area contributed by atoms with E-state index >= 15 is 0 Å². The zero-order valence-electron chi connectivity index (χ0n) is 10.2. The van der Waals surface area contributed by atoms with Crippen LogP contribution in [-0.4, -0.2) is 32.2 Å². The predicted molar refractivity (Wildman–Crippen MR) is 67.7 cm³/mol. The Labute approximate surface area is 102 Å². The molecule has 0 spiro atoms. The third-order valence-electron chi connectivity index (χ3n) is 2.47. The van der Waals surface area contributed by atoms with Crippen molar-refractivity contribution in [1.82, 2.24) is 5.32 Å². The first kappa shape index (κ1) is 13.7. The van der Waals surface area contributed by atoms with Gasteiger partial charge >= 0.3 is 0 Å². The summed E-state index contributed by atoms with van der Waals surface area (Å²) in [5.41, 5.74) is 6.47. The molecule has 1 rings (SSSR count). The molecule has 0 heterocycles. The van der Waals surface area contributed by atoms with Crippen LogP contribution in [0.1, 0.15) is 18.4 Å². The molecule has 1 aromatic carbocycles. The molecule has 0 saturated heterocycles. The topological polar surface area (TPSA) is 64.3 Å². The molecule has 94 valence electrons. The van der Waals surface area contributed by atoms with E-state index in [4.69, 9.17) is 10.5 Å². The molecule has 17 heavy (non-hydrogen) atoms. The minimum Gasteiger partial charge on any atom is -0.370 e.